The van der Waals surface area contributed by atoms with Crippen LogP contribution in [0.5, 0.6) is 0 Å². The van der Waals surface area contributed by atoms with Crippen molar-refractivity contribution in [1.82, 2.24) is 14.3 Å². The highest BCUT2D eigenvalue weighted by atomic mass is 16.4. The molecular formula is C13H13N3O3. The van der Waals surface area contributed by atoms with Crippen LogP contribution >= 0.6 is 0 Å². The quantitative estimate of drug-likeness (QED) is 0.903. The van der Waals surface area contributed by atoms with Crippen LogP contribution in [0, 0.1) is 6.92 Å². The van der Waals surface area contributed by atoms with Crippen molar-refractivity contribution >= 4 is 5.97 Å². The van der Waals surface area contributed by atoms with Gasteiger partial charge in [0.1, 0.15) is 0 Å². The summed E-state index contributed by atoms with van der Waals surface area (Å²) in [7, 11) is 0. The second-order valence-electron chi connectivity index (χ2n) is 4.76. The average molecular weight is 259 g/mol. The summed E-state index contributed by atoms with van der Waals surface area (Å²) in [5.74, 6) is -1.36. The van der Waals surface area contributed by atoms with Crippen molar-refractivity contribution in [2.45, 2.75) is 25.8 Å². The molecule has 1 aromatic heterocycles. The lowest BCUT2D eigenvalue weighted by Gasteiger charge is -2.00. The van der Waals surface area contributed by atoms with Gasteiger partial charge in [0.05, 0.1) is 5.69 Å². The van der Waals surface area contributed by atoms with E-state index in [9.17, 15) is 9.59 Å². The molecule has 6 nitrogen and oxygen atoms in total. The third-order valence-electron chi connectivity index (χ3n) is 3.16. The maximum atomic E-state index is 12.3. The molecule has 1 saturated carbocycles. The van der Waals surface area contributed by atoms with Crippen molar-refractivity contribution in [3.05, 3.63) is 46.1 Å². The van der Waals surface area contributed by atoms with Crippen LogP contribution in [0.2, 0.25) is 0 Å². The topological polar surface area (TPSA) is 77.1 Å². The van der Waals surface area contributed by atoms with Crippen LogP contribution in [-0.4, -0.2) is 25.4 Å². The summed E-state index contributed by atoms with van der Waals surface area (Å²) in [6, 6.07) is 7.25. The van der Waals surface area contributed by atoms with E-state index in [0.29, 0.717) is 5.69 Å². The Morgan fingerprint density at radius 2 is 2.16 bits per heavy atom. The maximum Gasteiger partial charge on any atom is 0.374 e. The monoisotopic (exact) mass is 259 g/mol. The molecule has 0 atom stereocenters. The van der Waals surface area contributed by atoms with Gasteiger partial charge in [0.15, 0.2) is 0 Å². The largest absolute Gasteiger partial charge is 0.475 e. The number of carboxylic acids is 1. The van der Waals surface area contributed by atoms with Gasteiger partial charge in [-0.1, -0.05) is 12.1 Å². The molecule has 1 aliphatic carbocycles. The molecule has 6 heteroatoms. The lowest BCUT2D eigenvalue weighted by molar-refractivity contribution is 0.0676. The summed E-state index contributed by atoms with van der Waals surface area (Å²) in [5, 5.41) is 13.1. The summed E-state index contributed by atoms with van der Waals surface area (Å²) in [4.78, 5) is 23.5. The second-order valence-corrected chi connectivity index (χ2v) is 4.76. The number of hydrogen-bond donors (Lipinski definition) is 1. The van der Waals surface area contributed by atoms with Gasteiger partial charge in [0.2, 0.25) is 5.82 Å². The molecule has 1 heterocycles. The van der Waals surface area contributed by atoms with Crippen LogP contribution in [0.25, 0.3) is 5.69 Å². The van der Waals surface area contributed by atoms with E-state index >= 15 is 0 Å². The average Bonchev–Trinajstić information content (AvgIpc) is 3.12. The fourth-order valence-corrected chi connectivity index (χ4v) is 2.11. The second kappa shape index (κ2) is 4.08. The molecular weight excluding hydrogens is 246 g/mol. The molecule has 0 unspecified atom stereocenters. The summed E-state index contributed by atoms with van der Waals surface area (Å²) in [6.07, 6.45) is 1.67. The lowest BCUT2D eigenvalue weighted by atomic mass is 10.2. The third-order valence-corrected chi connectivity index (χ3v) is 3.16. The number of carboxylic acid groups (broad SMARTS) is 1. The first kappa shape index (κ1) is 11.7. The van der Waals surface area contributed by atoms with Gasteiger partial charge in [-0.25, -0.2) is 9.59 Å². The van der Waals surface area contributed by atoms with Crippen LogP contribution in [0.1, 0.15) is 35.1 Å². The smallest absolute Gasteiger partial charge is 0.374 e. The summed E-state index contributed by atoms with van der Waals surface area (Å²) in [6.45, 7) is 1.91. The minimum absolute atomic E-state index is 0.0165. The van der Waals surface area contributed by atoms with Gasteiger partial charge < -0.3 is 5.11 Å². The number of carbonyl (C=O) groups is 1. The standard InChI is InChI=1S/C13H13N3O3/c1-8-3-2-4-10(7-8)16-13(19)15(9-5-6-9)11(14-16)12(17)18/h2-4,7,9H,5-6H2,1H3,(H,17,18). The highest BCUT2D eigenvalue weighted by Crippen LogP contribution is 2.34. The Hall–Kier alpha value is -2.37. The Morgan fingerprint density at radius 1 is 1.42 bits per heavy atom. The number of aryl methyl sites for hydroxylation is 1. The number of hydrogen-bond acceptors (Lipinski definition) is 3. The Kier molecular flexibility index (Phi) is 2.51. The molecule has 19 heavy (non-hydrogen) atoms. The first-order chi connectivity index (χ1) is 9.08. The zero-order valence-corrected chi connectivity index (χ0v) is 10.4. The fraction of sp³-hybridized carbons (Fsp3) is 0.308. The molecule has 0 amide bonds. The molecule has 0 bridgehead atoms. The van der Waals surface area contributed by atoms with Gasteiger partial charge >= 0.3 is 11.7 Å². The third kappa shape index (κ3) is 1.95. The van der Waals surface area contributed by atoms with Gasteiger partial charge in [-0.3, -0.25) is 4.57 Å². The molecule has 0 aliphatic heterocycles. The van der Waals surface area contributed by atoms with Crippen molar-refractivity contribution in [1.29, 1.82) is 0 Å². The number of benzene rings is 1. The first-order valence-corrected chi connectivity index (χ1v) is 6.10. The summed E-state index contributed by atoms with van der Waals surface area (Å²) in [5.41, 5.74) is 1.19. The van der Waals surface area contributed by atoms with Crippen molar-refractivity contribution in [3.63, 3.8) is 0 Å². The molecule has 1 aliphatic rings. The molecule has 2 aromatic rings. The van der Waals surface area contributed by atoms with Crippen LogP contribution in [-0.2, 0) is 0 Å². The Labute approximate surface area is 108 Å². The Balaban J connectivity index is 2.20. The summed E-state index contributed by atoms with van der Waals surface area (Å²) >= 11 is 0. The van der Waals surface area contributed by atoms with E-state index in [1.54, 1.807) is 12.1 Å². The molecule has 0 spiro atoms. The predicted octanol–water partition coefficient (Wildman–Crippen LogP) is 1.38. The fourth-order valence-electron chi connectivity index (χ4n) is 2.11. The SMILES string of the molecule is Cc1cccc(-n2nc(C(=O)O)n(C3CC3)c2=O)c1. The molecule has 1 aromatic carbocycles. The van der Waals surface area contributed by atoms with E-state index in [1.165, 1.54) is 4.57 Å². The van der Waals surface area contributed by atoms with E-state index in [2.05, 4.69) is 5.10 Å². The van der Waals surface area contributed by atoms with Crippen molar-refractivity contribution in [2.24, 2.45) is 0 Å². The van der Waals surface area contributed by atoms with Crippen molar-refractivity contribution in [3.8, 4) is 5.69 Å². The van der Waals surface area contributed by atoms with Crippen molar-refractivity contribution < 1.29 is 9.90 Å². The molecule has 0 radical (unpaired) electrons. The maximum absolute atomic E-state index is 12.3. The van der Waals surface area contributed by atoms with E-state index in [-0.39, 0.29) is 17.6 Å². The lowest BCUT2D eigenvalue weighted by Crippen LogP contribution is -2.24. The molecule has 1 N–H and O–H groups in total. The minimum Gasteiger partial charge on any atom is -0.475 e. The predicted molar refractivity (Wildman–Crippen MR) is 67.8 cm³/mol. The number of aromatic carboxylic acids is 1. The normalized spacial score (nSPS) is 14.6. The van der Waals surface area contributed by atoms with E-state index in [4.69, 9.17) is 5.11 Å². The number of rotatable bonds is 3. The van der Waals surface area contributed by atoms with Gasteiger partial charge in [0.25, 0.3) is 0 Å². The minimum atomic E-state index is -1.17. The first-order valence-electron chi connectivity index (χ1n) is 6.10. The zero-order valence-electron chi connectivity index (χ0n) is 10.4. The van der Waals surface area contributed by atoms with E-state index in [1.807, 2.05) is 19.1 Å². The van der Waals surface area contributed by atoms with Crippen LogP contribution in [0.3, 0.4) is 0 Å². The summed E-state index contributed by atoms with van der Waals surface area (Å²) < 4.78 is 2.44. The molecule has 98 valence electrons. The van der Waals surface area contributed by atoms with Crippen LogP contribution in [0.4, 0.5) is 0 Å². The molecule has 0 saturated heterocycles. The molecule has 3 rings (SSSR count). The number of nitrogens with zero attached hydrogens (tertiary/aromatic N) is 3. The Bertz CT molecular complexity index is 710. The van der Waals surface area contributed by atoms with Gasteiger partial charge in [-0.05, 0) is 37.5 Å². The van der Waals surface area contributed by atoms with Gasteiger partial charge in [0, 0.05) is 6.04 Å². The van der Waals surface area contributed by atoms with Crippen molar-refractivity contribution in [2.75, 3.05) is 0 Å². The number of aromatic nitrogens is 3. The highest BCUT2D eigenvalue weighted by molar-refractivity contribution is 5.83. The van der Waals surface area contributed by atoms with Crippen LogP contribution < -0.4 is 5.69 Å². The van der Waals surface area contributed by atoms with Crippen LogP contribution in [0.15, 0.2) is 29.1 Å². The molecule has 1 fully saturated rings. The highest BCUT2D eigenvalue weighted by Gasteiger charge is 2.32. The van der Waals surface area contributed by atoms with Gasteiger partial charge in [-0.2, -0.15) is 4.68 Å². The van der Waals surface area contributed by atoms with E-state index in [0.717, 1.165) is 23.1 Å². The van der Waals surface area contributed by atoms with E-state index < -0.39 is 5.97 Å². The Morgan fingerprint density at radius 3 is 2.74 bits per heavy atom. The van der Waals surface area contributed by atoms with Gasteiger partial charge in [-0.15, -0.1) is 5.10 Å². The zero-order chi connectivity index (χ0) is 13.6.